The zero-order valence-corrected chi connectivity index (χ0v) is 16.5. The van der Waals surface area contributed by atoms with Gasteiger partial charge in [-0.15, -0.1) is 0 Å². The third-order valence-corrected chi connectivity index (χ3v) is 4.59. The maximum atomic E-state index is 12.6. The second kappa shape index (κ2) is 8.87. The lowest BCUT2D eigenvalue weighted by atomic mass is 10.1. The predicted molar refractivity (Wildman–Crippen MR) is 113 cm³/mol. The van der Waals surface area contributed by atoms with Crippen molar-refractivity contribution in [1.82, 2.24) is 9.99 Å². The maximum absolute atomic E-state index is 12.6. The van der Waals surface area contributed by atoms with Crippen LogP contribution in [0.4, 0.5) is 0 Å². The van der Waals surface area contributed by atoms with E-state index in [1.165, 1.54) is 16.8 Å². The minimum Gasteiger partial charge on any atom is -0.310 e. The number of amides is 1. The topological polar surface area (TPSA) is 63.5 Å². The number of benzene rings is 2. The van der Waals surface area contributed by atoms with Gasteiger partial charge in [0.15, 0.2) is 0 Å². The molecule has 7 heteroatoms. The summed E-state index contributed by atoms with van der Waals surface area (Å²) in [4.78, 5) is 25.0. The average Bonchev–Trinajstić information content (AvgIpc) is 2.65. The van der Waals surface area contributed by atoms with Gasteiger partial charge in [-0.05, 0) is 36.8 Å². The first-order valence-electron chi connectivity index (χ1n) is 8.47. The summed E-state index contributed by atoms with van der Waals surface area (Å²) in [5, 5.41) is 4.79. The highest BCUT2D eigenvalue weighted by Crippen LogP contribution is 2.19. The van der Waals surface area contributed by atoms with Crippen LogP contribution < -0.4 is 11.0 Å². The Morgan fingerprint density at radius 1 is 1.14 bits per heavy atom. The van der Waals surface area contributed by atoms with Gasteiger partial charge >= 0.3 is 0 Å². The summed E-state index contributed by atoms with van der Waals surface area (Å²) >= 11 is 11.9. The smallest absolute Gasteiger partial charge is 0.276 e. The summed E-state index contributed by atoms with van der Waals surface area (Å²) in [6.45, 7) is 2.37. The summed E-state index contributed by atoms with van der Waals surface area (Å²) in [5.41, 5.74) is 4.66. The van der Waals surface area contributed by atoms with E-state index in [-0.39, 0.29) is 11.1 Å². The van der Waals surface area contributed by atoms with E-state index in [9.17, 15) is 9.59 Å². The number of rotatable bonds is 5. The van der Waals surface area contributed by atoms with Crippen LogP contribution in [0.15, 0.2) is 70.7 Å². The molecule has 0 aliphatic carbocycles. The minimum atomic E-state index is -0.593. The average molecular weight is 414 g/mol. The summed E-state index contributed by atoms with van der Waals surface area (Å²) < 4.78 is 1.49. The van der Waals surface area contributed by atoms with Gasteiger partial charge in [0.1, 0.15) is 5.56 Å². The van der Waals surface area contributed by atoms with Crippen LogP contribution >= 0.6 is 23.2 Å². The molecule has 3 rings (SSSR count). The molecule has 1 N–H and O–H groups in total. The molecule has 2 aromatic carbocycles. The van der Waals surface area contributed by atoms with Crippen molar-refractivity contribution < 1.29 is 4.79 Å². The van der Waals surface area contributed by atoms with Gasteiger partial charge in [-0.25, -0.2) is 5.43 Å². The standard InChI is InChI=1S/C21H17Cl2N3O2/c1-14-4-2-5-15(10-14)13-26-9-3-6-18(21(26)28)20(27)25-24-12-16-7-8-17(22)11-19(16)23/h2-12H,13H2,1H3,(H,25,27)/b24-12-. The van der Waals surface area contributed by atoms with E-state index in [2.05, 4.69) is 10.5 Å². The van der Waals surface area contributed by atoms with Gasteiger partial charge in [0.2, 0.25) is 0 Å². The fraction of sp³-hybridized carbons (Fsp3) is 0.0952. The second-order valence-electron chi connectivity index (χ2n) is 6.21. The lowest BCUT2D eigenvalue weighted by Gasteiger charge is -2.08. The largest absolute Gasteiger partial charge is 0.310 e. The van der Waals surface area contributed by atoms with Gasteiger partial charge in [0.05, 0.1) is 17.8 Å². The molecule has 142 valence electrons. The maximum Gasteiger partial charge on any atom is 0.276 e. The molecule has 0 bridgehead atoms. The number of nitrogens with zero attached hydrogens (tertiary/aromatic N) is 2. The number of halogens is 2. The third-order valence-electron chi connectivity index (χ3n) is 4.03. The molecule has 0 radical (unpaired) electrons. The van der Waals surface area contributed by atoms with E-state index in [4.69, 9.17) is 23.2 Å². The molecule has 1 amide bonds. The Hall–Kier alpha value is -2.89. The first kappa shape index (κ1) is 19.9. The molecule has 0 atom stereocenters. The summed E-state index contributed by atoms with van der Waals surface area (Å²) in [6, 6.07) is 15.9. The normalized spacial score (nSPS) is 11.0. The number of aromatic nitrogens is 1. The molecule has 5 nitrogen and oxygen atoms in total. The molecule has 1 aromatic heterocycles. The molecule has 0 aliphatic rings. The van der Waals surface area contributed by atoms with Crippen LogP contribution in [0.2, 0.25) is 10.0 Å². The number of pyridine rings is 1. The third kappa shape index (κ3) is 4.88. The molecule has 0 fully saturated rings. The molecule has 0 spiro atoms. The fourth-order valence-corrected chi connectivity index (χ4v) is 3.13. The second-order valence-corrected chi connectivity index (χ2v) is 7.05. The van der Waals surface area contributed by atoms with Crippen LogP contribution in [-0.4, -0.2) is 16.7 Å². The predicted octanol–water partition coefficient (Wildman–Crippen LogP) is 4.28. The van der Waals surface area contributed by atoms with E-state index in [1.807, 2.05) is 31.2 Å². The first-order valence-corrected chi connectivity index (χ1v) is 9.23. The SMILES string of the molecule is Cc1cccc(Cn2cccc(C(=O)N/N=C\c3ccc(Cl)cc3Cl)c2=O)c1. The highest BCUT2D eigenvalue weighted by atomic mass is 35.5. The molecule has 0 saturated heterocycles. The highest BCUT2D eigenvalue weighted by Gasteiger charge is 2.11. The zero-order valence-electron chi connectivity index (χ0n) is 15.0. The Kier molecular flexibility index (Phi) is 6.29. The van der Waals surface area contributed by atoms with Crippen LogP contribution in [0.5, 0.6) is 0 Å². The Balaban J connectivity index is 1.75. The molecule has 1 heterocycles. The van der Waals surface area contributed by atoms with Crippen LogP contribution in [0, 0.1) is 6.92 Å². The van der Waals surface area contributed by atoms with Crippen LogP contribution in [0.3, 0.4) is 0 Å². The van der Waals surface area contributed by atoms with Gasteiger partial charge in [0, 0.05) is 16.8 Å². The van der Waals surface area contributed by atoms with E-state index in [0.717, 1.165) is 11.1 Å². The summed E-state index contributed by atoms with van der Waals surface area (Å²) in [5.74, 6) is -0.593. The lowest BCUT2D eigenvalue weighted by Crippen LogP contribution is -2.30. The number of hydrogen-bond donors (Lipinski definition) is 1. The Morgan fingerprint density at radius 2 is 1.96 bits per heavy atom. The van der Waals surface area contributed by atoms with Crippen molar-refractivity contribution in [3.8, 4) is 0 Å². The van der Waals surface area contributed by atoms with E-state index in [0.29, 0.717) is 22.2 Å². The summed E-state index contributed by atoms with van der Waals surface area (Å²) in [6.07, 6.45) is 3.04. The molecular formula is C21H17Cl2N3O2. The van der Waals surface area contributed by atoms with Crippen molar-refractivity contribution in [3.63, 3.8) is 0 Å². The van der Waals surface area contributed by atoms with Crippen molar-refractivity contribution in [2.24, 2.45) is 5.10 Å². The van der Waals surface area contributed by atoms with Crippen LogP contribution in [0.1, 0.15) is 27.0 Å². The molecule has 0 saturated carbocycles. The molecular weight excluding hydrogens is 397 g/mol. The lowest BCUT2D eigenvalue weighted by molar-refractivity contribution is 0.0953. The molecule has 0 unspecified atom stereocenters. The van der Waals surface area contributed by atoms with Gasteiger partial charge in [-0.2, -0.15) is 5.10 Å². The van der Waals surface area contributed by atoms with E-state index < -0.39 is 5.91 Å². The van der Waals surface area contributed by atoms with Gasteiger partial charge < -0.3 is 4.57 Å². The number of nitrogens with one attached hydrogen (secondary N) is 1. The molecule has 28 heavy (non-hydrogen) atoms. The molecule has 0 aliphatic heterocycles. The van der Waals surface area contributed by atoms with Gasteiger partial charge in [-0.3, -0.25) is 9.59 Å². The Bertz CT molecular complexity index is 1110. The van der Waals surface area contributed by atoms with Crippen LogP contribution in [-0.2, 0) is 6.54 Å². The summed E-state index contributed by atoms with van der Waals surface area (Å²) in [7, 11) is 0. The number of hydrazone groups is 1. The number of carbonyl (C=O) groups is 1. The number of carbonyl (C=O) groups excluding carboxylic acids is 1. The fourth-order valence-electron chi connectivity index (χ4n) is 2.67. The quantitative estimate of drug-likeness (QED) is 0.501. The number of aryl methyl sites for hydroxylation is 1. The van der Waals surface area contributed by atoms with Crippen molar-refractivity contribution >= 4 is 35.3 Å². The first-order chi connectivity index (χ1) is 13.4. The van der Waals surface area contributed by atoms with Crippen molar-refractivity contribution in [1.29, 1.82) is 0 Å². The monoisotopic (exact) mass is 413 g/mol. The highest BCUT2D eigenvalue weighted by molar-refractivity contribution is 6.36. The van der Waals surface area contributed by atoms with Crippen molar-refractivity contribution in [3.05, 3.63) is 103 Å². The number of hydrogen-bond acceptors (Lipinski definition) is 3. The van der Waals surface area contributed by atoms with E-state index >= 15 is 0 Å². The zero-order chi connectivity index (χ0) is 20.1. The Morgan fingerprint density at radius 3 is 2.71 bits per heavy atom. The van der Waals surface area contributed by atoms with Gasteiger partial charge in [-0.1, -0.05) is 59.1 Å². The Labute approximate surface area is 172 Å². The van der Waals surface area contributed by atoms with Crippen molar-refractivity contribution in [2.45, 2.75) is 13.5 Å². The van der Waals surface area contributed by atoms with Gasteiger partial charge in [0.25, 0.3) is 11.5 Å². The minimum absolute atomic E-state index is 0.00880. The van der Waals surface area contributed by atoms with Crippen LogP contribution in [0.25, 0.3) is 0 Å². The van der Waals surface area contributed by atoms with Crippen molar-refractivity contribution in [2.75, 3.05) is 0 Å². The van der Waals surface area contributed by atoms with E-state index in [1.54, 1.807) is 30.5 Å². The molecule has 3 aromatic rings.